The molecule has 0 atom stereocenters. The van der Waals surface area contributed by atoms with Crippen LogP contribution in [0.25, 0.3) is 0 Å². The lowest BCUT2D eigenvalue weighted by molar-refractivity contribution is 0.318. The Morgan fingerprint density at radius 3 is 2.94 bits per heavy atom. The molecule has 0 amide bonds. The Balaban J connectivity index is 2.14. The van der Waals surface area contributed by atoms with E-state index < -0.39 is 0 Å². The monoisotopic (exact) mass is 253 g/mol. The van der Waals surface area contributed by atoms with Crippen LogP contribution in [0.1, 0.15) is 5.56 Å². The molecule has 0 aromatic carbocycles. The van der Waals surface area contributed by atoms with Crippen LogP contribution in [0.5, 0.6) is 0 Å². The first-order chi connectivity index (χ1) is 7.79. The van der Waals surface area contributed by atoms with Crippen molar-refractivity contribution in [3.8, 4) is 0 Å². The second-order valence-electron chi connectivity index (χ2n) is 2.68. The van der Waals surface area contributed by atoms with Crippen LogP contribution < -0.4 is 5.73 Å². The summed E-state index contributed by atoms with van der Waals surface area (Å²) in [5.74, 6) is 0.0416. The minimum absolute atomic E-state index is 0.0416. The number of nitrogens with zero attached hydrogens (tertiary/aromatic N) is 4. The molecule has 0 saturated carbocycles. The molecule has 0 bridgehead atoms. The Morgan fingerprint density at radius 1 is 1.50 bits per heavy atom. The zero-order valence-electron chi connectivity index (χ0n) is 7.94. The maximum absolute atomic E-state index is 8.48. The lowest BCUT2D eigenvalue weighted by Crippen LogP contribution is -2.13. The molecule has 0 aliphatic carbocycles. The van der Waals surface area contributed by atoms with Crippen molar-refractivity contribution >= 4 is 28.9 Å². The Labute approximate surface area is 99.2 Å². The average molecular weight is 253 g/mol. The zero-order chi connectivity index (χ0) is 11.4. The Bertz CT molecular complexity index is 482. The van der Waals surface area contributed by atoms with Gasteiger partial charge in [0.2, 0.25) is 0 Å². The first-order valence-electron chi connectivity index (χ1n) is 4.17. The van der Waals surface area contributed by atoms with Crippen LogP contribution in [0.4, 0.5) is 0 Å². The normalized spacial score (nSPS) is 11.6. The van der Waals surface area contributed by atoms with Gasteiger partial charge in [-0.25, -0.2) is 4.98 Å². The molecule has 2 aromatic rings. The van der Waals surface area contributed by atoms with E-state index in [4.69, 9.17) is 10.9 Å². The van der Waals surface area contributed by atoms with E-state index in [2.05, 4.69) is 20.3 Å². The van der Waals surface area contributed by atoms with Gasteiger partial charge in [0, 0.05) is 11.8 Å². The molecule has 2 heterocycles. The first kappa shape index (κ1) is 10.8. The first-order valence-corrected chi connectivity index (χ1v) is 5.87. The lowest BCUT2D eigenvalue weighted by Gasteiger charge is -1.99. The fourth-order valence-electron chi connectivity index (χ4n) is 0.947. The predicted molar refractivity (Wildman–Crippen MR) is 60.8 cm³/mol. The van der Waals surface area contributed by atoms with E-state index >= 15 is 0 Å². The molecular weight excluding hydrogens is 246 g/mol. The maximum atomic E-state index is 8.48. The summed E-state index contributed by atoms with van der Waals surface area (Å²) in [6.07, 6.45) is 1.54. The fourth-order valence-corrected chi connectivity index (χ4v) is 2.31. The quantitative estimate of drug-likeness (QED) is 0.369. The van der Waals surface area contributed by atoms with Gasteiger partial charge in [-0.3, -0.25) is 0 Å². The molecule has 0 fully saturated rings. The highest BCUT2D eigenvalue weighted by molar-refractivity contribution is 8.00. The summed E-state index contributed by atoms with van der Waals surface area (Å²) >= 11 is 2.86. The molecule has 6 nitrogen and oxygen atoms in total. The summed E-state index contributed by atoms with van der Waals surface area (Å²) in [7, 11) is 0. The van der Waals surface area contributed by atoms with Crippen LogP contribution in [0.2, 0.25) is 0 Å². The van der Waals surface area contributed by atoms with Crippen molar-refractivity contribution in [1.82, 2.24) is 15.2 Å². The Morgan fingerprint density at radius 2 is 2.38 bits per heavy atom. The molecule has 3 N–H and O–H groups in total. The highest BCUT2D eigenvalue weighted by Gasteiger charge is 2.03. The molecule has 82 valence electrons. The van der Waals surface area contributed by atoms with Gasteiger partial charge in [0.1, 0.15) is 10.5 Å². The summed E-state index contributed by atoms with van der Waals surface area (Å²) in [6, 6.07) is 3.50. The summed E-state index contributed by atoms with van der Waals surface area (Å²) in [5.41, 5.74) is 7.65. The maximum Gasteiger partial charge on any atom is 0.180 e. The second kappa shape index (κ2) is 4.90. The molecule has 0 spiro atoms. The molecule has 8 heteroatoms. The van der Waals surface area contributed by atoms with Crippen molar-refractivity contribution in [3.63, 3.8) is 0 Å². The lowest BCUT2D eigenvalue weighted by atomic mass is 10.3. The highest BCUT2D eigenvalue weighted by atomic mass is 32.2. The van der Waals surface area contributed by atoms with E-state index in [9.17, 15) is 0 Å². The van der Waals surface area contributed by atoms with Crippen LogP contribution in [-0.2, 0) is 0 Å². The predicted octanol–water partition coefficient (Wildman–Crippen LogP) is 1.18. The van der Waals surface area contributed by atoms with Crippen LogP contribution in [-0.4, -0.2) is 26.2 Å². The molecule has 16 heavy (non-hydrogen) atoms. The number of rotatable bonds is 3. The van der Waals surface area contributed by atoms with Gasteiger partial charge in [-0.15, -0.1) is 10.2 Å². The summed E-state index contributed by atoms with van der Waals surface area (Å²) in [4.78, 5) is 4.15. The molecule has 0 radical (unpaired) electrons. The Hall–Kier alpha value is -1.67. The molecule has 2 aromatic heterocycles. The number of hydrogen-bond acceptors (Lipinski definition) is 7. The molecule has 0 saturated heterocycles. The third-order valence-corrected chi connectivity index (χ3v) is 3.40. The van der Waals surface area contributed by atoms with E-state index in [1.165, 1.54) is 23.1 Å². The van der Waals surface area contributed by atoms with Crippen LogP contribution in [0.3, 0.4) is 0 Å². The van der Waals surface area contributed by atoms with Gasteiger partial charge in [-0.05, 0) is 23.9 Å². The van der Waals surface area contributed by atoms with Crippen LogP contribution in [0.15, 0.2) is 38.4 Å². The number of nitrogens with two attached hydrogens (primary N) is 1. The second-order valence-corrected chi connectivity index (χ2v) is 4.78. The highest BCUT2D eigenvalue weighted by Crippen LogP contribution is 2.26. The molecular formula is C8H7N5OS2. The number of hydrogen-bond donors (Lipinski definition) is 2. The summed E-state index contributed by atoms with van der Waals surface area (Å²) in [6.45, 7) is 0. The van der Waals surface area contributed by atoms with Crippen molar-refractivity contribution < 1.29 is 5.21 Å². The van der Waals surface area contributed by atoms with E-state index in [0.717, 1.165) is 9.37 Å². The van der Waals surface area contributed by atoms with Gasteiger partial charge in [0.25, 0.3) is 0 Å². The largest absolute Gasteiger partial charge is 0.409 e. The number of pyridine rings is 1. The Kier molecular flexibility index (Phi) is 3.32. The van der Waals surface area contributed by atoms with Gasteiger partial charge >= 0.3 is 0 Å². The van der Waals surface area contributed by atoms with Gasteiger partial charge in [-0.2, -0.15) is 0 Å². The zero-order valence-corrected chi connectivity index (χ0v) is 9.57. The third kappa shape index (κ3) is 2.47. The van der Waals surface area contributed by atoms with Gasteiger partial charge in [-0.1, -0.05) is 16.5 Å². The molecule has 0 aliphatic heterocycles. The third-order valence-electron chi connectivity index (χ3n) is 1.67. The average Bonchev–Trinajstić information content (AvgIpc) is 2.82. The SMILES string of the molecule is N/C(=N\O)c1ccc(Sc2nncs2)nc1. The number of amidine groups is 1. The van der Waals surface area contributed by atoms with Gasteiger partial charge in [0.05, 0.1) is 0 Å². The van der Waals surface area contributed by atoms with E-state index in [-0.39, 0.29) is 5.84 Å². The van der Waals surface area contributed by atoms with Gasteiger partial charge in [0.15, 0.2) is 10.2 Å². The minimum Gasteiger partial charge on any atom is -0.409 e. The number of oxime groups is 1. The van der Waals surface area contributed by atoms with Crippen molar-refractivity contribution in [2.75, 3.05) is 0 Å². The van der Waals surface area contributed by atoms with E-state index in [0.29, 0.717) is 5.56 Å². The van der Waals surface area contributed by atoms with E-state index in [1.807, 2.05) is 0 Å². The topological polar surface area (TPSA) is 97.3 Å². The fraction of sp³-hybridized carbons (Fsp3) is 0. The number of aromatic nitrogens is 3. The molecule has 0 unspecified atom stereocenters. The van der Waals surface area contributed by atoms with E-state index in [1.54, 1.807) is 23.8 Å². The van der Waals surface area contributed by atoms with Gasteiger partial charge < -0.3 is 10.9 Å². The van der Waals surface area contributed by atoms with Crippen molar-refractivity contribution in [2.24, 2.45) is 10.9 Å². The molecule has 2 rings (SSSR count). The van der Waals surface area contributed by atoms with Crippen LogP contribution in [0, 0.1) is 0 Å². The minimum atomic E-state index is 0.0416. The van der Waals surface area contributed by atoms with Crippen molar-refractivity contribution in [2.45, 2.75) is 9.37 Å². The smallest absolute Gasteiger partial charge is 0.180 e. The van der Waals surface area contributed by atoms with Crippen molar-refractivity contribution in [3.05, 3.63) is 29.4 Å². The summed E-state index contributed by atoms with van der Waals surface area (Å²) in [5, 5.41) is 19.8. The van der Waals surface area contributed by atoms with Crippen molar-refractivity contribution in [1.29, 1.82) is 0 Å². The summed E-state index contributed by atoms with van der Waals surface area (Å²) < 4.78 is 0.823. The van der Waals surface area contributed by atoms with Crippen LogP contribution >= 0.6 is 23.1 Å². The molecule has 0 aliphatic rings. The standard InChI is InChI=1S/C8H7N5OS2/c9-7(13-14)5-1-2-6(10-3-5)16-8-12-11-4-15-8/h1-4,14H,(H2,9,13).